The number of phenols is 1. The summed E-state index contributed by atoms with van der Waals surface area (Å²) in [5.41, 5.74) is 3.00. The maximum absolute atomic E-state index is 13.7. The molecule has 1 fully saturated rings. The van der Waals surface area contributed by atoms with Crippen molar-refractivity contribution >= 4 is 68.1 Å². The van der Waals surface area contributed by atoms with Gasteiger partial charge in [-0.3, -0.25) is 19.2 Å². The van der Waals surface area contributed by atoms with Crippen molar-refractivity contribution in [1.82, 2.24) is 10.4 Å². The molecule has 0 spiro atoms. The minimum Gasteiger partial charge on any atom is -0.507 e. The lowest BCUT2D eigenvalue weighted by Crippen LogP contribution is -2.55. The number of imide groups is 1. The number of rotatable bonds is 4. The van der Waals surface area contributed by atoms with Crippen LogP contribution in [-0.2, 0) is 14.4 Å². The van der Waals surface area contributed by atoms with Gasteiger partial charge in [0.15, 0.2) is 0 Å². The minimum absolute atomic E-state index is 0.0838. The predicted molar refractivity (Wildman–Crippen MR) is 139 cm³/mol. The number of aromatic nitrogens is 1. The Labute approximate surface area is 219 Å². The van der Waals surface area contributed by atoms with Crippen molar-refractivity contribution in [3.8, 4) is 5.75 Å². The number of thiazole rings is 1. The highest BCUT2D eigenvalue weighted by Crippen LogP contribution is 2.35. The topological polar surface area (TPSA) is 129 Å². The Hall–Kier alpha value is -4.41. The third-order valence-electron chi connectivity index (χ3n) is 5.76. The molecule has 0 saturated carbocycles. The van der Waals surface area contributed by atoms with Crippen LogP contribution in [0.1, 0.15) is 26.8 Å². The summed E-state index contributed by atoms with van der Waals surface area (Å²) >= 11 is 7.17. The molecule has 2 heterocycles. The van der Waals surface area contributed by atoms with Crippen LogP contribution in [0, 0.1) is 6.92 Å². The summed E-state index contributed by atoms with van der Waals surface area (Å²) in [6.45, 7) is 1.64. The van der Waals surface area contributed by atoms with Crippen LogP contribution in [0.5, 0.6) is 5.75 Å². The van der Waals surface area contributed by atoms with Crippen LogP contribution >= 0.6 is 22.9 Å². The molecule has 2 N–H and O–H groups in total. The SMILES string of the molecule is Cc1cc(Cl)ccc1N1C(=O)C(=O)C(c2nc3ccccc3s2)C(=NNC(=O)c2ccccc2O)C1=O. The van der Waals surface area contributed by atoms with Crippen molar-refractivity contribution < 1.29 is 24.3 Å². The second kappa shape index (κ2) is 9.57. The second-order valence-electron chi connectivity index (χ2n) is 8.15. The molecule has 1 unspecified atom stereocenters. The van der Waals surface area contributed by atoms with Crippen molar-refractivity contribution in [2.45, 2.75) is 12.8 Å². The van der Waals surface area contributed by atoms with Gasteiger partial charge in [-0.25, -0.2) is 15.3 Å². The van der Waals surface area contributed by atoms with Gasteiger partial charge in [-0.15, -0.1) is 11.3 Å². The number of amides is 3. The number of hydrazone groups is 1. The zero-order valence-electron chi connectivity index (χ0n) is 19.1. The summed E-state index contributed by atoms with van der Waals surface area (Å²) in [5.74, 6) is -5.39. The summed E-state index contributed by atoms with van der Waals surface area (Å²) in [6.07, 6.45) is 0. The van der Waals surface area contributed by atoms with Crippen LogP contribution in [0.4, 0.5) is 5.69 Å². The molecule has 1 saturated heterocycles. The Bertz CT molecular complexity index is 1610. The smallest absolute Gasteiger partial charge is 0.302 e. The van der Waals surface area contributed by atoms with Crippen molar-refractivity contribution in [1.29, 1.82) is 0 Å². The average molecular weight is 533 g/mol. The fraction of sp³-hybridized carbons (Fsp3) is 0.0769. The van der Waals surface area contributed by atoms with Gasteiger partial charge in [0.25, 0.3) is 11.8 Å². The first-order chi connectivity index (χ1) is 17.8. The van der Waals surface area contributed by atoms with Crippen molar-refractivity contribution in [2.24, 2.45) is 5.10 Å². The number of carbonyl (C=O) groups is 4. The molecule has 3 amide bonds. The molecule has 0 radical (unpaired) electrons. The number of phenolic OH excluding ortho intramolecular Hbond substituents is 1. The number of aromatic hydroxyl groups is 1. The van der Waals surface area contributed by atoms with E-state index in [4.69, 9.17) is 11.6 Å². The van der Waals surface area contributed by atoms with E-state index >= 15 is 0 Å². The number of piperidine rings is 1. The normalized spacial score (nSPS) is 17.0. The monoisotopic (exact) mass is 532 g/mol. The van der Waals surface area contributed by atoms with E-state index < -0.39 is 29.4 Å². The molecule has 1 atom stereocenters. The number of hydrogen-bond donors (Lipinski definition) is 2. The van der Waals surface area contributed by atoms with Crippen molar-refractivity contribution in [2.75, 3.05) is 4.90 Å². The molecule has 11 heteroatoms. The standard InChI is InChI=1S/C26H17ClN4O5S/c1-13-12-14(27)10-11-17(13)31-25(35)21(29-30-23(34)15-6-2-4-8-18(15)32)20(22(33)26(31)36)24-28-16-7-3-5-9-19(16)37-24/h2-12,20,32H,1H3,(H,30,34). The summed E-state index contributed by atoms with van der Waals surface area (Å²) in [4.78, 5) is 58.3. The molecule has 1 aliphatic rings. The van der Waals surface area contributed by atoms with Gasteiger partial charge >= 0.3 is 5.91 Å². The second-order valence-corrected chi connectivity index (χ2v) is 9.65. The number of carbonyl (C=O) groups excluding carboxylic acids is 4. The maximum Gasteiger partial charge on any atom is 0.302 e. The Morgan fingerprint density at radius 3 is 2.51 bits per heavy atom. The number of fused-ring (bicyclic) bond motifs is 1. The predicted octanol–water partition coefficient (Wildman–Crippen LogP) is 3.98. The first-order valence-corrected chi connectivity index (χ1v) is 12.2. The first kappa shape index (κ1) is 24.3. The highest BCUT2D eigenvalue weighted by Gasteiger charge is 2.49. The molecule has 3 aromatic carbocycles. The van der Waals surface area contributed by atoms with E-state index in [0.29, 0.717) is 16.1 Å². The number of nitrogens with zero attached hydrogens (tertiary/aromatic N) is 3. The fourth-order valence-electron chi connectivity index (χ4n) is 3.97. The summed E-state index contributed by atoms with van der Waals surface area (Å²) < 4.78 is 0.749. The van der Waals surface area contributed by atoms with Crippen LogP contribution in [-0.4, -0.2) is 39.3 Å². The number of Topliss-reactive ketones (excluding diaryl/α,β-unsaturated/α-hetero) is 1. The van der Waals surface area contributed by atoms with Crippen LogP contribution in [0.3, 0.4) is 0 Å². The number of aryl methyl sites for hydroxylation is 1. The number of halogens is 1. The Morgan fingerprint density at radius 2 is 1.78 bits per heavy atom. The van der Waals surface area contributed by atoms with Gasteiger partial charge in [0.2, 0.25) is 5.78 Å². The molecular formula is C26H17ClN4O5S. The highest BCUT2D eigenvalue weighted by atomic mass is 35.5. The Morgan fingerprint density at radius 1 is 1.05 bits per heavy atom. The zero-order chi connectivity index (χ0) is 26.3. The van der Waals surface area contributed by atoms with E-state index in [1.54, 1.807) is 49.4 Å². The number of para-hydroxylation sites is 2. The average Bonchev–Trinajstić information content (AvgIpc) is 3.30. The first-order valence-electron chi connectivity index (χ1n) is 11.0. The van der Waals surface area contributed by atoms with Gasteiger partial charge in [0.1, 0.15) is 22.4 Å². The van der Waals surface area contributed by atoms with Crippen LogP contribution in [0.15, 0.2) is 71.8 Å². The van der Waals surface area contributed by atoms with E-state index in [-0.39, 0.29) is 27.7 Å². The minimum atomic E-state index is -1.43. The molecule has 1 aliphatic heterocycles. The molecule has 9 nitrogen and oxygen atoms in total. The van der Waals surface area contributed by atoms with Crippen LogP contribution in [0.2, 0.25) is 5.02 Å². The number of hydrogen-bond acceptors (Lipinski definition) is 8. The third-order valence-corrected chi connectivity index (χ3v) is 7.09. The molecule has 0 aliphatic carbocycles. The number of nitrogens with one attached hydrogen (secondary N) is 1. The van der Waals surface area contributed by atoms with Gasteiger partial charge in [0.05, 0.1) is 21.5 Å². The maximum atomic E-state index is 13.7. The summed E-state index contributed by atoms with van der Waals surface area (Å²) in [5, 5.41) is 14.6. The van der Waals surface area contributed by atoms with Crippen molar-refractivity contribution in [3.05, 3.63) is 87.9 Å². The third kappa shape index (κ3) is 4.37. The molecule has 4 aromatic rings. The van der Waals surface area contributed by atoms with E-state index in [1.165, 1.54) is 24.3 Å². The fourth-order valence-corrected chi connectivity index (χ4v) is 5.27. The highest BCUT2D eigenvalue weighted by molar-refractivity contribution is 7.19. The summed E-state index contributed by atoms with van der Waals surface area (Å²) in [7, 11) is 0. The molecule has 184 valence electrons. The van der Waals surface area contributed by atoms with Crippen LogP contribution in [0.25, 0.3) is 10.2 Å². The molecule has 5 rings (SSSR count). The van der Waals surface area contributed by atoms with E-state index in [0.717, 1.165) is 20.9 Å². The zero-order valence-corrected chi connectivity index (χ0v) is 20.7. The van der Waals surface area contributed by atoms with Gasteiger partial charge in [-0.1, -0.05) is 35.9 Å². The number of benzene rings is 3. The summed E-state index contributed by atoms with van der Waals surface area (Å²) in [6, 6.07) is 17.4. The van der Waals surface area contributed by atoms with E-state index in [1.807, 2.05) is 0 Å². The Kier molecular flexibility index (Phi) is 6.28. The van der Waals surface area contributed by atoms with Crippen molar-refractivity contribution in [3.63, 3.8) is 0 Å². The quantitative estimate of drug-likeness (QED) is 0.232. The number of anilines is 1. The molecule has 37 heavy (non-hydrogen) atoms. The Balaban J connectivity index is 1.61. The molecule has 0 bridgehead atoms. The van der Waals surface area contributed by atoms with Gasteiger partial charge < -0.3 is 5.11 Å². The lowest BCUT2D eigenvalue weighted by atomic mass is 9.91. The van der Waals surface area contributed by atoms with Gasteiger partial charge in [0, 0.05) is 5.02 Å². The molecular weight excluding hydrogens is 516 g/mol. The van der Waals surface area contributed by atoms with E-state index in [9.17, 15) is 24.3 Å². The van der Waals surface area contributed by atoms with E-state index in [2.05, 4.69) is 15.5 Å². The number of ketones is 1. The lowest BCUT2D eigenvalue weighted by Gasteiger charge is -2.30. The van der Waals surface area contributed by atoms with Crippen LogP contribution < -0.4 is 10.3 Å². The van der Waals surface area contributed by atoms with Gasteiger partial charge in [-0.2, -0.15) is 5.10 Å². The lowest BCUT2D eigenvalue weighted by molar-refractivity contribution is -0.139. The molecule has 1 aromatic heterocycles. The van der Waals surface area contributed by atoms with Gasteiger partial charge in [-0.05, 0) is 55.0 Å². The largest absolute Gasteiger partial charge is 0.507 e.